The van der Waals surface area contributed by atoms with Crippen molar-refractivity contribution in [2.75, 3.05) is 0 Å². The third-order valence-corrected chi connectivity index (χ3v) is 7.12. The number of hydrogen-bond acceptors (Lipinski definition) is 8. The zero-order valence-electron chi connectivity index (χ0n) is 21.6. The Morgan fingerprint density at radius 3 is 2.56 bits per heavy atom. The van der Waals surface area contributed by atoms with Crippen LogP contribution in [0, 0.1) is 11.8 Å². The first-order chi connectivity index (χ1) is 17.1. The number of aliphatic hydroxyl groups is 3. The average Bonchev–Trinajstić information content (AvgIpc) is 3.30. The average molecular weight is 502 g/mol. The molecule has 0 spiro atoms. The molecular weight excluding hydrogens is 462 g/mol. The summed E-state index contributed by atoms with van der Waals surface area (Å²) < 4.78 is 10.9. The molecule has 0 unspecified atom stereocenters. The smallest absolute Gasteiger partial charge is 0.342 e. The van der Waals surface area contributed by atoms with Gasteiger partial charge in [-0.2, -0.15) is 0 Å². The monoisotopic (exact) mass is 501 g/mol. The van der Waals surface area contributed by atoms with Gasteiger partial charge in [0.25, 0.3) is 0 Å². The van der Waals surface area contributed by atoms with Crippen LogP contribution < -0.4 is 0 Å². The number of rotatable bonds is 12. The fourth-order valence-electron chi connectivity index (χ4n) is 4.43. The number of cyclic esters (lactones) is 1. The molecule has 6 atom stereocenters. The van der Waals surface area contributed by atoms with E-state index in [2.05, 4.69) is 18.8 Å². The minimum absolute atomic E-state index is 0.00208. The maximum absolute atomic E-state index is 12.6. The van der Waals surface area contributed by atoms with Crippen molar-refractivity contribution in [3.63, 3.8) is 0 Å². The lowest BCUT2D eigenvalue weighted by Crippen LogP contribution is -2.30. The van der Waals surface area contributed by atoms with Crippen LogP contribution >= 0.6 is 0 Å². The first kappa shape index (κ1) is 27.9. The molecule has 2 heterocycles. The Kier molecular flexibility index (Phi) is 9.70. The molecule has 4 N–H and O–H groups in total. The predicted molar refractivity (Wildman–Crippen MR) is 136 cm³/mol. The zero-order valence-corrected chi connectivity index (χ0v) is 21.6. The van der Waals surface area contributed by atoms with Crippen LogP contribution in [0.3, 0.4) is 0 Å². The Labute approximate surface area is 212 Å². The third-order valence-electron chi connectivity index (χ3n) is 7.12. The summed E-state index contributed by atoms with van der Waals surface area (Å²) in [6.45, 7) is 7.83. The number of esters is 1. The zero-order chi connectivity index (χ0) is 26.4. The molecule has 1 aliphatic heterocycles. The highest BCUT2D eigenvalue weighted by Crippen LogP contribution is 2.34. The van der Waals surface area contributed by atoms with E-state index in [0.29, 0.717) is 36.8 Å². The second-order valence-corrected chi connectivity index (χ2v) is 9.99. The third kappa shape index (κ3) is 6.96. The molecule has 8 heteroatoms. The molecule has 198 valence electrons. The highest BCUT2D eigenvalue weighted by molar-refractivity contribution is 5.95. The summed E-state index contributed by atoms with van der Waals surface area (Å²) in [5, 5.41) is 41.3. The number of carbonyl (C=O) groups is 1. The largest absolute Gasteiger partial charge is 0.507 e. The fourth-order valence-corrected chi connectivity index (χ4v) is 4.43. The van der Waals surface area contributed by atoms with Gasteiger partial charge in [0, 0.05) is 18.8 Å². The molecule has 0 saturated heterocycles. The lowest BCUT2D eigenvalue weighted by atomic mass is 9.90. The fraction of sp³-hybridized carbons (Fsp3) is 0.571. The molecule has 0 radical (unpaired) electrons. The van der Waals surface area contributed by atoms with E-state index in [9.17, 15) is 25.2 Å². The van der Waals surface area contributed by atoms with Crippen molar-refractivity contribution in [2.24, 2.45) is 11.8 Å². The number of aromatic hydroxyl groups is 1. The molecule has 36 heavy (non-hydrogen) atoms. The van der Waals surface area contributed by atoms with Crippen LogP contribution in [-0.4, -0.2) is 55.8 Å². The van der Waals surface area contributed by atoms with E-state index < -0.39 is 30.4 Å². The summed E-state index contributed by atoms with van der Waals surface area (Å²) in [6.07, 6.45) is 4.84. The summed E-state index contributed by atoms with van der Waals surface area (Å²) >= 11 is 0. The van der Waals surface area contributed by atoms with Crippen molar-refractivity contribution in [2.45, 2.75) is 90.6 Å². The quantitative estimate of drug-likeness (QED) is 0.323. The molecule has 1 aromatic heterocycles. The molecule has 8 nitrogen and oxygen atoms in total. The normalized spacial score (nSPS) is 20.0. The van der Waals surface area contributed by atoms with Crippen LogP contribution in [0.25, 0.3) is 6.08 Å². The van der Waals surface area contributed by atoms with E-state index in [-0.39, 0.29) is 30.1 Å². The van der Waals surface area contributed by atoms with Crippen molar-refractivity contribution in [1.29, 1.82) is 0 Å². The molecule has 0 fully saturated rings. The van der Waals surface area contributed by atoms with Gasteiger partial charge in [0.05, 0.1) is 24.7 Å². The standard InChI is InChI=1S/C28H39NO7/c1-5-16(3)11-19-8-7-18-12-22(36-28(34)26(18)27(19)33)13-21(30)10-9-20-15-35-25(29-20)14-24(32)17(4)23(31)6-2/h7-10,15-17,21-24,30-33H,5-6,11-14H2,1-4H3/t16-,17+,21-,22-,23+,24-/m0/s1. The number of carbonyl (C=O) groups excluding carboxylic acids is 1. The van der Waals surface area contributed by atoms with Gasteiger partial charge in [-0.25, -0.2) is 9.78 Å². The van der Waals surface area contributed by atoms with Gasteiger partial charge < -0.3 is 29.6 Å². The van der Waals surface area contributed by atoms with Gasteiger partial charge in [-0.1, -0.05) is 52.3 Å². The Bertz CT molecular complexity index is 1050. The Hall–Kier alpha value is -2.68. The van der Waals surface area contributed by atoms with Crippen LogP contribution in [0.1, 0.15) is 80.0 Å². The molecule has 0 amide bonds. The Morgan fingerprint density at radius 1 is 1.11 bits per heavy atom. The number of ether oxygens (including phenoxy) is 1. The van der Waals surface area contributed by atoms with Crippen molar-refractivity contribution < 1.29 is 34.4 Å². The molecule has 0 saturated carbocycles. The van der Waals surface area contributed by atoms with Crippen molar-refractivity contribution in [1.82, 2.24) is 4.98 Å². The molecule has 0 aliphatic carbocycles. The summed E-state index contributed by atoms with van der Waals surface area (Å²) in [6, 6.07) is 3.74. The second kappa shape index (κ2) is 12.5. The Balaban J connectivity index is 1.57. The van der Waals surface area contributed by atoms with Gasteiger partial charge in [0.2, 0.25) is 0 Å². The number of oxazole rings is 1. The lowest BCUT2D eigenvalue weighted by Gasteiger charge is -2.27. The van der Waals surface area contributed by atoms with Crippen LogP contribution in [0.15, 0.2) is 28.9 Å². The highest BCUT2D eigenvalue weighted by Gasteiger charge is 2.31. The van der Waals surface area contributed by atoms with E-state index in [0.717, 1.165) is 17.5 Å². The Morgan fingerprint density at radius 2 is 1.86 bits per heavy atom. The van der Waals surface area contributed by atoms with Gasteiger partial charge in [-0.3, -0.25) is 0 Å². The maximum Gasteiger partial charge on any atom is 0.342 e. The van der Waals surface area contributed by atoms with Gasteiger partial charge >= 0.3 is 5.97 Å². The molecule has 2 aromatic rings. The van der Waals surface area contributed by atoms with E-state index in [1.807, 2.05) is 19.1 Å². The van der Waals surface area contributed by atoms with Gasteiger partial charge in [-0.15, -0.1) is 0 Å². The number of phenolic OH excluding ortho intramolecular Hbond substituents is 1. The molecule has 0 bridgehead atoms. The van der Waals surface area contributed by atoms with Crippen LogP contribution in [0.5, 0.6) is 5.75 Å². The molecule has 1 aliphatic rings. The number of aromatic nitrogens is 1. The number of benzene rings is 1. The van der Waals surface area contributed by atoms with Gasteiger partial charge in [0.15, 0.2) is 5.89 Å². The van der Waals surface area contributed by atoms with Gasteiger partial charge in [-0.05, 0) is 36.0 Å². The van der Waals surface area contributed by atoms with Crippen molar-refractivity contribution >= 4 is 12.0 Å². The number of aliphatic hydroxyl groups excluding tert-OH is 3. The maximum atomic E-state index is 12.6. The SMILES string of the molecule is CC[C@H](C)Cc1ccc2c(c1O)C(=O)O[C@H](C[C@@H](O)C=Cc1coc(C[C@H](O)[C@H](C)[C@H](O)CC)n1)C2. The second-order valence-electron chi connectivity index (χ2n) is 9.99. The van der Waals surface area contributed by atoms with E-state index in [4.69, 9.17) is 9.15 Å². The van der Waals surface area contributed by atoms with Crippen molar-refractivity contribution in [3.8, 4) is 5.75 Å². The first-order valence-corrected chi connectivity index (χ1v) is 12.8. The van der Waals surface area contributed by atoms with E-state index in [1.54, 1.807) is 19.1 Å². The van der Waals surface area contributed by atoms with Gasteiger partial charge in [0.1, 0.15) is 29.4 Å². The minimum atomic E-state index is -0.881. The summed E-state index contributed by atoms with van der Waals surface area (Å²) in [4.78, 5) is 16.9. The molecule has 1 aromatic carbocycles. The number of fused-ring (bicyclic) bond motifs is 1. The van der Waals surface area contributed by atoms with E-state index in [1.165, 1.54) is 6.26 Å². The molecular formula is C28H39NO7. The number of hydrogen-bond donors (Lipinski definition) is 4. The minimum Gasteiger partial charge on any atom is -0.507 e. The lowest BCUT2D eigenvalue weighted by molar-refractivity contribution is 0.0144. The number of nitrogens with zero attached hydrogens (tertiary/aromatic N) is 1. The van der Waals surface area contributed by atoms with Crippen LogP contribution in [-0.2, 0) is 24.0 Å². The predicted octanol–water partition coefficient (Wildman–Crippen LogP) is 3.83. The first-order valence-electron chi connectivity index (χ1n) is 12.8. The topological polar surface area (TPSA) is 133 Å². The summed E-state index contributed by atoms with van der Waals surface area (Å²) in [5.74, 6) is -0.131. The summed E-state index contributed by atoms with van der Waals surface area (Å²) in [5.41, 5.74) is 2.19. The number of phenols is 1. The van der Waals surface area contributed by atoms with Crippen LogP contribution in [0.2, 0.25) is 0 Å². The molecule has 3 rings (SSSR count). The highest BCUT2D eigenvalue weighted by atomic mass is 16.5. The van der Waals surface area contributed by atoms with Crippen LogP contribution in [0.4, 0.5) is 0 Å². The summed E-state index contributed by atoms with van der Waals surface area (Å²) in [7, 11) is 0. The van der Waals surface area contributed by atoms with E-state index >= 15 is 0 Å². The van der Waals surface area contributed by atoms with Crippen molar-refractivity contribution in [3.05, 3.63) is 52.7 Å².